The van der Waals surface area contributed by atoms with E-state index in [0.29, 0.717) is 17.1 Å². The van der Waals surface area contributed by atoms with Crippen molar-refractivity contribution in [2.24, 2.45) is 0 Å². The van der Waals surface area contributed by atoms with Gasteiger partial charge in [-0.15, -0.1) is 11.8 Å². The number of furan rings is 1. The second-order valence-corrected chi connectivity index (χ2v) is 6.57. The molecule has 0 saturated heterocycles. The maximum Gasteiger partial charge on any atom is 0.291 e. The summed E-state index contributed by atoms with van der Waals surface area (Å²) >= 11 is 1.44. The molecule has 0 fully saturated rings. The van der Waals surface area contributed by atoms with Crippen LogP contribution in [0.2, 0.25) is 0 Å². The van der Waals surface area contributed by atoms with E-state index in [1.807, 2.05) is 24.3 Å². The maximum absolute atomic E-state index is 12.1. The standard InChI is InChI=1S/C20H18N2O4S/c1-25-16-8-10-17(11-9-16)27-13-19(23)21-14-4-6-15(7-5-14)22-20(24)18-3-2-12-26-18/h2-12H,13H2,1H3,(H,21,23)(H,22,24). The SMILES string of the molecule is COc1ccc(SCC(=O)Nc2ccc(NC(=O)c3ccco3)cc2)cc1. The van der Waals surface area contributed by atoms with Crippen molar-refractivity contribution >= 4 is 35.0 Å². The Morgan fingerprint density at radius 1 is 0.963 bits per heavy atom. The normalized spacial score (nSPS) is 10.3. The molecule has 0 radical (unpaired) electrons. The van der Waals surface area contributed by atoms with Gasteiger partial charge in [-0.25, -0.2) is 0 Å². The zero-order valence-corrected chi connectivity index (χ0v) is 15.4. The molecular weight excluding hydrogens is 364 g/mol. The van der Waals surface area contributed by atoms with Crippen molar-refractivity contribution in [1.29, 1.82) is 0 Å². The predicted octanol–water partition coefficient (Wildman–Crippen LogP) is 4.27. The molecule has 2 N–H and O–H groups in total. The van der Waals surface area contributed by atoms with Gasteiger partial charge in [0, 0.05) is 16.3 Å². The number of anilines is 2. The molecule has 6 nitrogen and oxygen atoms in total. The van der Waals surface area contributed by atoms with E-state index in [0.717, 1.165) is 10.6 Å². The van der Waals surface area contributed by atoms with Gasteiger partial charge >= 0.3 is 0 Å². The van der Waals surface area contributed by atoms with Crippen molar-refractivity contribution < 1.29 is 18.7 Å². The van der Waals surface area contributed by atoms with E-state index in [-0.39, 0.29) is 17.6 Å². The monoisotopic (exact) mass is 382 g/mol. The third-order valence-corrected chi connectivity index (χ3v) is 4.61. The highest BCUT2D eigenvalue weighted by Crippen LogP contribution is 2.22. The molecule has 0 atom stereocenters. The summed E-state index contributed by atoms with van der Waals surface area (Å²) in [7, 11) is 1.61. The third kappa shape index (κ3) is 5.39. The Morgan fingerprint density at radius 3 is 2.22 bits per heavy atom. The van der Waals surface area contributed by atoms with Crippen molar-refractivity contribution in [2.45, 2.75) is 4.90 Å². The Hall–Kier alpha value is -3.19. The van der Waals surface area contributed by atoms with E-state index in [4.69, 9.17) is 9.15 Å². The van der Waals surface area contributed by atoms with Crippen LogP contribution < -0.4 is 15.4 Å². The van der Waals surface area contributed by atoms with Crippen LogP contribution in [0.3, 0.4) is 0 Å². The van der Waals surface area contributed by atoms with Crippen molar-refractivity contribution in [1.82, 2.24) is 0 Å². The summed E-state index contributed by atoms with van der Waals surface area (Å²) in [5.41, 5.74) is 1.27. The Labute approximate surface area is 160 Å². The first-order valence-electron chi connectivity index (χ1n) is 8.15. The highest BCUT2D eigenvalue weighted by Gasteiger charge is 2.09. The third-order valence-electron chi connectivity index (χ3n) is 3.60. The Morgan fingerprint density at radius 2 is 1.63 bits per heavy atom. The van der Waals surface area contributed by atoms with Gasteiger partial charge in [-0.1, -0.05) is 0 Å². The number of carbonyl (C=O) groups excluding carboxylic acids is 2. The molecule has 0 unspecified atom stereocenters. The van der Waals surface area contributed by atoms with Gasteiger partial charge in [-0.2, -0.15) is 0 Å². The van der Waals surface area contributed by atoms with E-state index in [2.05, 4.69) is 10.6 Å². The van der Waals surface area contributed by atoms with Crippen LogP contribution in [0.15, 0.2) is 76.2 Å². The molecule has 2 amide bonds. The lowest BCUT2D eigenvalue weighted by atomic mass is 10.2. The fraction of sp³-hybridized carbons (Fsp3) is 0.100. The van der Waals surface area contributed by atoms with Crippen molar-refractivity contribution in [3.8, 4) is 5.75 Å². The lowest BCUT2D eigenvalue weighted by Crippen LogP contribution is -2.14. The molecule has 3 aromatic rings. The summed E-state index contributed by atoms with van der Waals surface area (Å²) < 4.78 is 10.2. The lowest BCUT2D eigenvalue weighted by Gasteiger charge is -2.08. The average molecular weight is 382 g/mol. The fourth-order valence-electron chi connectivity index (χ4n) is 2.26. The number of hydrogen-bond acceptors (Lipinski definition) is 5. The summed E-state index contributed by atoms with van der Waals surface area (Å²) in [6, 6.07) is 17.7. The first kappa shape index (κ1) is 18.6. The Bertz CT molecular complexity index is 891. The van der Waals surface area contributed by atoms with Crippen LogP contribution >= 0.6 is 11.8 Å². The fourth-order valence-corrected chi connectivity index (χ4v) is 2.95. The summed E-state index contributed by atoms with van der Waals surface area (Å²) in [6.45, 7) is 0. The van der Waals surface area contributed by atoms with Gasteiger partial charge in [0.2, 0.25) is 5.91 Å². The molecule has 0 bridgehead atoms. The van der Waals surface area contributed by atoms with E-state index >= 15 is 0 Å². The number of thioether (sulfide) groups is 1. The molecule has 0 aliphatic rings. The van der Waals surface area contributed by atoms with Crippen molar-refractivity contribution in [3.63, 3.8) is 0 Å². The van der Waals surface area contributed by atoms with Gasteiger partial charge in [-0.05, 0) is 60.7 Å². The number of amides is 2. The van der Waals surface area contributed by atoms with Gasteiger partial charge in [0.25, 0.3) is 5.91 Å². The van der Waals surface area contributed by atoms with Crippen molar-refractivity contribution in [2.75, 3.05) is 23.5 Å². The summed E-state index contributed by atoms with van der Waals surface area (Å²) in [5.74, 6) is 0.880. The van der Waals surface area contributed by atoms with Gasteiger partial charge in [-0.3, -0.25) is 9.59 Å². The quantitative estimate of drug-likeness (QED) is 0.597. The molecule has 3 rings (SSSR count). The van der Waals surface area contributed by atoms with Crippen LogP contribution in [0.1, 0.15) is 10.6 Å². The molecule has 0 spiro atoms. The van der Waals surface area contributed by atoms with Crippen LogP contribution in [0, 0.1) is 0 Å². The minimum Gasteiger partial charge on any atom is -0.497 e. The first-order chi connectivity index (χ1) is 13.1. The second-order valence-electron chi connectivity index (χ2n) is 5.52. The van der Waals surface area contributed by atoms with E-state index in [1.165, 1.54) is 18.0 Å². The van der Waals surface area contributed by atoms with Gasteiger partial charge in [0.15, 0.2) is 5.76 Å². The minimum atomic E-state index is -0.326. The Balaban J connectivity index is 1.48. The van der Waals surface area contributed by atoms with Crippen LogP contribution in [-0.2, 0) is 4.79 Å². The number of methoxy groups -OCH3 is 1. The average Bonchev–Trinajstić information content (AvgIpc) is 3.23. The molecule has 7 heteroatoms. The second kappa shape index (κ2) is 8.95. The molecule has 1 heterocycles. The molecular formula is C20H18N2O4S. The van der Waals surface area contributed by atoms with E-state index in [1.54, 1.807) is 43.5 Å². The zero-order valence-electron chi connectivity index (χ0n) is 14.6. The van der Waals surface area contributed by atoms with Gasteiger partial charge in [0.1, 0.15) is 5.75 Å². The Kier molecular flexibility index (Phi) is 6.17. The molecule has 27 heavy (non-hydrogen) atoms. The number of nitrogens with one attached hydrogen (secondary N) is 2. The van der Waals surface area contributed by atoms with Crippen molar-refractivity contribution in [3.05, 3.63) is 72.7 Å². The topological polar surface area (TPSA) is 80.6 Å². The van der Waals surface area contributed by atoms with E-state index < -0.39 is 0 Å². The van der Waals surface area contributed by atoms with E-state index in [9.17, 15) is 9.59 Å². The highest BCUT2D eigenvalue weighted by molar-refractivity contribution is 8.00. The number of hydrogen-bond donors (Lipinski definition) is 2. The number of benzene rings is 2. The first-order valence-corrected chi connectivity index (χ1v) is 9.14. The summed E-state index contributed by atoms with van der Waals surface area (Å²) in [5, 5.41) is 5.55. The molecule has 2 aromatic carbocycles. The number of rotatable bonds is 7. The maximum atomic E-state index is 12.1. The predicted molar refractivity (Wildman–Crippen MR) is 105 cm³/mol. The lowest BCUT2D eigenvalue weighted by molar-refractivity contribution is -0.113. The summed E-state index contributed by atoms with van der Waals surface area (Å²) in [6.07, 6.45) is 1.44. The number of carbonyl (C=O) groups is 2. The molecule has 0 aliphatic carbocycles. The summed E-state index contributed by atoms with van der Waals surface area (Å²) in [4.78, 5) is 25.0. The molecule has 1 aromatic heterocycles. The van der Waals surface area contributed by atoms with Gasteiger partial charge in [0.05, 0.1) is 19.1 Å². The van der Waals surface area contributed by atoms with Gasteiger partial charge < -0.3 is 19.8 Å². The molecule has 0 saturated carbocycles. The largest absolute Gasteiger partial charge is 0.497 e. The number of ether oxygens (including phenoxy) is 1. The molecule has 0 aliphatic heterocycles. The van der Waals surface area contributed by atoms with Crippen LogP contribution in [0.25, 0.3) is 0 Å². The molecule has 138 valence electrons. The smallest absolute Gasteiger partial charge is 0.291 e. The van der Waals surface area contributed by atoms with Crippen LogP contribution in [0.4, 0.5) is 11.4 Å². The zero-order chi connectivity index (χ0) is 19.1. The minimum absolute atomic E-state index is 0.108. The van der Waals surface area contributed by atoms with Crippen LogP contribution in [0.5, 0.6) is 5.75 Å². The highest BCUT2D eigenvalue weighted by atomic mass is 32.2. The van der Waals surface area contributed by atoms with Crippen LogP contribution in [-0.4, -0.2) is 24.7 Å².